The van der Waals surface area contributed by atoms with Crippen LogP contribution in [0.15, 0.2) is 12.2 Å². The molecule has 1 aliphatic rings. The van der Waals surface area contributed by atoms with E-state index in [9.17, 15) is 4.79 Å². The van der Waals surface area contributed by atoms with Crippen LogP contribution >= 0.6 is 0 Å². The third-order valence-electron chi connectivity index (χ3n) is 2.56. The van der Waals surface area contributed by atoms with Crippen molar-refractivity contribution in [2.45, 2.75) is 19.6 Å². The van der Waals surface area contributed by atoms with Gasteiger partial charge in [0.2, 0.25) is 0 Å². The molecule has 0 spiro atoms. The highest BCUT2D eigenvalue weighted by Crippen LogP contribution is 2.32. The molecule has 3 atom stereocenters. The molecule has 4 heteroatoms. The molecule has 4 nitrogen and oxygen atoms in total. The zero-order valence-corrected chi connectivity index (χ0v) is 7.42. The number of aliphatic hydroxyl groups is 2. The molecule has 0 saturated heterocycles. The number of carbonyl (C=O) groups is 1. The summed E-state index contributed by atoms with van der Waals surface area (Å²) in [4.78, 5) is 10.8. The number of rotatable bonds is 2. The number of carboxylic acids is 1. The van der Waals surface area contributed by atoms with Crippen molar-refractivity contribution in [1.29, 1.82) is 0 Å². The molecule has 0 bridgehead atoms. The molecular formula is C9H14O4. The van der Waals surface area contributed by atoms with Gasteiger partial charge in [0, 0.05) is 5.92 Å². The Kier molecular flexibility index (Phi) is 3.06. The number of aliphatic carboxylic acids is 1. The van der Waals surface area contributed by atoms with Crippen LogP contribution < -0.4 is 0 Å². The molecule has 0 fully saturated rings. The Labute approximate surface area is 76.5 Å². The van der Waals surface area contributed by atoms with E-state index in [2.05, 4.69) is 0 Å². The third-order valence-corrected chi connectivity index (χ3v) is 2.56. The topological polar surface area (TPSA) is 77.8 Å². The van der Waals surface area contributed by atoms with Crippen molar-refractivity contribution in [2.75, 3.05) is 0 Å². The van der Waals surface area contributed by atoms with Crippen molar-refractivity contribution < 1.29 is 20.1 Å². The molecule has 3 N–H and O–H groups in total. The van der Waals surface area contributed by atoms with E-state index in [4.69, 9.17) is 15.3 Å². The van der Waals surface area contributed by atoms with Gasteiger partial charge in [0.15, 0.2) is 6.29 Å². The fraction of sp³-hybridized carbons (Fsp3) is 0.667. The summed E-state index contributed by atoms with van der Waals surface area (Å²) >= 11 is 0. The van der Waals surface area contributed by atoms with Crippen molar-refractivity contribution in [3.63, 3.8) is 0 Å². The maximum absolute atomic E-state index is 10.8. The Hall–Kier alpha value is -0.870. The Morgan fingerprint density at radius 3 is 2.54 bits per heavy atom. The summed E-state index contributed by atoms with van der Waals surface area (Å²) in [6.45, 7) is 1.79. The van der Waals surface area contributed by atoms with Crippen molar-refractivity contribution in [2.24, 2.45) is 17.8 Å². The average Bonchev–Trinajstić information content (AvgIpc) is 2.02. The van der Waals surface area contributed by atoms with Crippen molar-refractivity contribution >= 4 is 5.97 Å². The van der Waals surface area contributed by atoms with Crippen LogP contribution in [0, 0.1) is 17.8 Å². The minimum atomic E-state index is -1.55. The third kappa shape index (κ3) is 2.08. The summed E-state index contributed by atoms with van der Waals surface area (Å²) in [5, 5.41) is 26.9. The molecule has 0 saturated carbocycles. The predicted molar refractivity (Wildman–Crippen MR) is 45.8 cm³/mol. The predicted octanol–water partition coefficient (Wildman–Crippen LogP) is 0.210. The zero-order chi connectivity index (χ0) is 10.0. The summed E-state index contributed by atoms with van der Waals surface area (Å²) in [5.74, 6) is -2.34. The lowest BCUT2D eigenvalue weighted by Gasteiger charge is -2.31. The minimum absolute atomic E-state index is 0.102. The van der Waals surface area contributed by atoms with E-state index >= 15 is 0 Å². The van der Waals surface area contributed by atoms with E-state index in [1.165, 1.54) is 0 Å². The first-order chi connectivity index (χ1) is 6.04. The Balaban J connectivity index is 2.83. The van der Waals surface area contributed by atoms with E-state index in [0.29, 0.717) is 6.42 Å². The number of aliphatic hydroxyl groups excluding tert-OH is 1. The molecule has 1 rings (SSSR count). The van der Waals surface area contributed by atoms with Gasteiger partial charge in [0.05, 0.1) is 5.92 Å². The summed E-state index contributed by atoms with van der Waals surface area (Å²) in [5.41, 5.74) is 0. The maximum Gasteiger partial charge on any atom is 0.307 e. The first-order valence-corrected chi connectivity index (χ1v) is 4.29. The standard InChI is InChI=1S/C9H14O4/c1-5-3-2-4-6(8(10)11)7(5)9(12)13/h2-3,5-7,9,12-13H,4H2,1H3,(H,10,11). The van der Waals surface area contributed by atoms with E-state index in [0.717, 1.165) is 0 Å². The molecule has 13 heavy (non-hydrogen) atoms. The van der Waals surface area contributed by atoms with Crippen LogP contribution in [0.1, 0.15) is 13.3 Å². The van der Waals surface area contributed by atoms with Crippen LogP contribution in [0.5, 0.6) is 0 Å². The van der Waals surface area contributed by atoms with E-state index < -0.39 is 24.1 Å². The van der Waals surface area contributed by atoms with Gasteiger partial charge in [-0.2, -0.15) is 0 Å². The monoisotopic (exact) mass is 186 g/mol. The first kappa shape index (κ1) is 10.2. The normalized spacial score (nSPS) is 33.7. The lowest BCUT2D eigenvalue weighted by molar-refractivity contribution is -0.157. The molecule has 0 aromatic carbocycles. The number of hydrogen-bond acceptors (Lipinski definition) is 3. The number of allylic oxidation sites excluding steroid dienone is 2. The van der Waals surface area contributed by atoms with Crippen molar-refractivity contribution in [3.05, 3.63) is 12.2 Å². The number of carboxylic acid groups (broad SMARTS) is 1. The minimum Gasteiger partial charge on any atom is -0.481 e. The van der Waals surface area contributed by atoms with Crippen LogP contribution in [-0.2, 0) is 4.79 Å². The van der Waals surface area contributed by atoms with Gasteiger partial charge in [0.1, 0.15) is 0 Å². The molecule has 0 amide bonds. The molecule has 0 radical (unpaired) electrons. The fourth-order valence-electron chi connectivity index (χ4n) is 1.84. The second-order valence-electron chi connectivity index (χ2n) is 3.46. The highest BCUT2D eigenvalue weighted by molar-refractivity contribution is 5.71. The smallest absolute Gasteiger partial charge is 0.307 e. The molecule has 0 heterocycles. The molecular weight excluding hydrogens is 172 g/mol. The summed E-state index contributed by atoms with van der Waals surface area (Å²) in [7, 11) is 0. The van der Waals surface area contributed by atoms with Gasteiger partial charge in [-0.25, -0.2) is 0 Å². The quantitative estimate of drug-likeness (QED) is 0.425. The van der Waals surface area contributed by atoms with E-state index in [1.54, 1.807) is 13.0 Å². The van der Waals surface area contributed by atoms with Gasteiger partial charge >= 0.3 is 5.97 Å². The molecule has 0 aromatic heterocycles. The fourth-order valence-corrected chi connectivity index (χ4v) is 1.84. The SMILES string of the molecule is CC1C=CCC(C(=O)O)C1C(O)O. The lowest BCUT2D eigenvalue weighted by atomic mass is 9.76. The Bertz CT molecular complexity index is 222. The van der Waals surface area contributed by atoms with Gasteiger partial charge in [-0.05, 0) is 12.3 Å². The van der Waals surface area contributed by atoms with Crippen LogP contribution in [0.3, 0.4) is 0 Å². The van der Waals surface area contributed by atoms with Gasteiger partial charge in [-0.15, -0.1) is 0 Å². The second kappa shape index (κ2) is 3.89. The van der Waals surface area contributed by atoms with Gasteiger partial charge in [0.25, 0.3) is 0 Å². The molecule has 1 aliphatic carbocycles. The zero-order valence-electron chi connectivity index (χ0n) is 7.42. The summed E-state index contributed by atoms with van der Waals surface area (Å²) in [6.07, 6.45) is 2.43. The number of hydrogen-bond donors (Lipinski definition) is 3. The Morgan fingerprint density at radius 1 is 1.54 bits per heavy atom. The first-order valence-electron chi connectivity index (χ1n) is 4.29. The van der Waals surface area contributed by atoms with Gasteiger partial charge < -0.3 is 15.3 Å². The van der Waals surface area contributed by atoms with E-state index in [-0.39, 0.29) is 5.92 Å². The summed E-state index contributed by atoms with van der Waals surface area (Å²) < 4.78 is 0. The van der Waals surface area contributed by atoms with Crippen LogP contribution in [-0.4, -0.2) is 27.6 Å². The van der Waals surface area contributed by atoms with Crippen LogP contribution in [0.2, 0.25) is 0 Å². The highest BCUT2D eigenvalue weighted by atomic mass is 16.5. The van der Waals surface area contributed by atoms with Gasteiger partial charge in [-0.1, -0.05) is 19.1 Å². The average molecular weight is 186 g/mol. The largest absolute Gasteiger partial charge is 0.481 e. The van der Waals surface area contributed by atoms with Crippen molar-refractivity contribution in [1.82, 2.24) is 0 Å². The lowest BCUT2D eigenvalue weighted by Crippen LogP contribution is -2.38. The van der Waals surface area contributed by atoms with Crippen molar-refractivity contribution in [3.8, 4) is 0 Å². The molecule has 0 aromatic rings. The molecule has 0 aliphatic heterocycles. The molecule has 3 unspecified atom stereocenters. The molecule has 74 valence electrons. The summed E-state index contributed by atoms with van der Waals surface area (Å²) in [6, 6.07) is 0. The van der Waals surface area contributed by atoms with Crippen LogP contribution in [0.25, 0.3) is 0 Å². The van der Waals surface area contributed by atoms with Crippen LogP contribution in [0.4, 0.5) is 0 Å². The second-order valence-corrected chi connectivity index (χ2v) is 3.46. The highest BCUT2D eigenvalue weighted by Gasteiger charge is 2.37. The Morgan fingerprint density at radius 2 is 2.15 bits per heavy atom. The maximum atomic E-state index is 10.8. The van der Waals surface area contributed by atoms with Gasteiger partial charge in [-0.3, -0.25) is 4.79 Å². The van der Waals surface area contributed by atoms with E-state index in [1.807, 2.05) is 6.08 Å².